The number of allylic oxidation sites excluding steroid dienone is 8. The van der Waals surface area contributed by atoms with Crippen molar-refractivity contribution in [2.45, 2.75) is 92.4 Å². The van der Waals surface area contributed by atoms with Crippen molar-refractivity contribution >= 4 is 6.29 Å². The van der Waals surface area contributed by atoms with Crippen molar-refractivity contribution < 1.29 is 4.79 Å². The molecule has 0 aromatic heterocycles. The molecular formula is C23H38O. The highest BCUT2D eigenvalue weighted by Crippen LogP contribution is 2.13. The van der Waals surface area contributed by atoms with Crippen LogP contribution in [0, 0.1) is 0 Å². The van der Waals surface area contributed by atoms with Crippen molar-refractivity contribution in [3.63, 3.8) is 0 Å². The molecule has 0 aromatic rings. The number of hydrogen-bond donors (Lipinski definition) is 0. The summed E-state index contributed by atoms with van der Waals surface area (Å²) in [5, 5.41) is 0. The Bertz CT molecular complexity index is 456. The van der Waals surface area contributed by atoms with Crippen LogP contribution in [-0.2, 0) is 4.79 Å². The van der Waals surface area contributed by atoms with Gasteiger partial charge in [0.1, 0.15) is 6.29 Å². The van der Waals surface area contributed by atoms with Gasteiger partial charge in [-0.2, -0.15) is 0 Å². The van der Waals surface area contributed by atoms with Gasteiger partial charge in [0.2, 0.25) is 0 Å². The van der Waals surface area contributed by atoms with Gasteiger partial charge in [0.05, 0.1) is 0 Å². The van der Waals surface area contributed by atoms with Crippen LogP contribution in [0.15, 0.2) is 46.6 Å². The summed E-state index contributed by atoms with van der Waals surface area (Å²) >= 11 is 0. The molecule has 1 nitrogen and oxygen atoms in total. The van der Waals surface area contributed by atoms with Gasteiger partial charge in [0, 0.05) is 6.42 Å². The number of unbranched alkanes of at least 4 members (excludes halogenated alkanes) is 2. The zero-order valence-electron chi connectivity index (χ0n) is 16.7. The van der Waals surface area contributed by atoms with Gasteiger partial charge >= 0.3 is 0 Å². The predicted octanol–water partition coefficient (Wildman–Crippen LogP) is 7.50. The van der Waals surface area contributed by atoms with E-state index in [0.717, 1.165) is 44.8 Å². The fourth-order valence-electron chi connectivity index (χ4n) is 2.56. The van der Waals surface area contributed by atoms with E-state index in [-0.39, 0.29) is 0 Å². The number of hydrogen-bond acceptors (Lipinski definition) is 1. The quantitative estimate of drug-likeness (QED) is 0.194. The van der Waals surface area contributed by atoms with Crippen molar-refractivity contribution in [1.29, 1.82) is 0 Å². The second-order valence-electron chi connectivity index (χ2n) is 7.15. The first-order valence-corrected chi connectivity index (χ1v) is 9.49. The topological polar surface area (TPSA) is 17.1 Å². The summed E-state index contributed by atoms with van der Waals surface area (Å²) in [6.07, 6.45) is 20.1. The Labute approximate surface area is 150 Å². The molecule has 0 atom stereocenters. The van der Waals surface area contributed by atoms with Gasteiger partial charge in [-0.3, -0.25) is 0 Å². The molecule has 0 unspecified atom stereocenters. The van der Waals surface area contributed by atoms with Crippen LogP contribution in [0.2, 0.25) is 0 Å². The van der Waals surface area contributed by atoms with Crippen LogP contribution in [0.3, 0.4) is 0 Å². The summed E-state index contributed by atoms with van der Waals surface area (Å²) in [5.74, 6) is 0. The maximum Gasteiger partial charge on any atom is 0.120 e. The van der Waals surface area contributed by atoms with E-state index in [1.54, 1.807) is 0 Å². The number of rotatable bonds is 13. The lowest BCUT2D eigenvalue weighted by Gasteiger charge is -2.02. The van der Waals surface area contributed by atoms with Gasteiger partial charge in [-0.1, -0.05) is 46.6 Å². The molecule has 0 amide bonds. The van der Waals surface area contributed by atoms with Crippen LogP contribution >= 0.6 is 0 Å². The van der Waals surface area contributed by atoms with E-state index in [9.17, 15) is 4.79 Å². The third kappa shape index (κ3) is 15.5. The summed E-state index contributed by atoms with van der Waals surface area (Å²) in [7, 11) is 0. The molecule has 0 aliphatic rings. The second kappa shape index (κ2) is 15.2. The molecule has 24 heavy (non-hydrogen) atoms. The number of carbonyl (C=O) groups is 1. The van der Waals surface area contributed by atoms with Gasteiger partial charge in [-0.15, -0.1) is 0 Å². The van der Waals surface area contributed by atoms with E-state index in [4.69, 9.17) is 0 Å². The van der Waals surface area contributed by atoms with E-state index in [1.165, 1.54) is 35.1 Å². The van der Waals surface area contributed by atoms with Crippen LogP contribution in [-0.4, -0.2) is 6.29 Å². The lowest BCUT2D eigenvalue weighted by atomic mass is 10.0. The fraction of sp³-hybridized carbons (Fsp3) is 0.609. The molecule has 0 saturated heterocycles. The van der Waals surface area contributed by atoms with Gasteiger partial charge < -0.3 is 4.79 Å². The summed E-state index contributed by atoms with van der Waals surface area (Å²) in [5.41, 5.74) is 5.83. The smallest absolute Gasteiger partial charge is 0.120 e. The van der Waals surface area contributed by atoms with Crippen LogP contribution < -0.4 is 0 Å². The Balaban J connectivity index is 3.92. The zero-order chi connectivity index (χ0) is 18.2. The third-order valence-corrected chi connectivity index (χ3v) is 4.17. The van der Waals surface area contributed by atoms with Crippen molar-refractivity contribution in [2.24, 2.45) is 0 Å². The Hall–Kier alpha value is -1.37. The number of aldehydes is 1. The molecule has 0 heterocycles. The summed E-state index contributed by atoms with van der Waals surface area (Å²) < 4.78 is 0. The fourth-order valence-corrected chi connectivity index (χ4v) is 2.56. The molecule has 0 saturated carbocycles. The van der Waals surface area contributed by atoms with E-state index < -0.39 is 0 Å². The monoisotopic (exact) mass is 330 g/mol. The highest BCUT2D eigenvalue weighted by atomic mass is 16.1. The molecular weight excluding hydrogens is 292 g/mol. The minimum absolute atomic E-state index is 0.686. The summed E-state index contributed by atoms with van der Waals surface area (Å²) in [6, 6.07) is 0. The maximum absolute atomic E-state index is 10.3. The highest BCUT2D eigenvalue weighted by Gasteiger charge is 1.93. The lowest BCUT2D eigenvalue weighted by molar-refractivity contribution is -0.107. The van der Waals surface area contributed by atoms with Crippen molar-refractivity contribution in [3.05, 3.63) is 46.6 Å². The molecule has 136 valence electrons. The second-order valence-corrected chi connectivity index (χ2v) is 7.15. The molecule has 0 aliphatic carbocycles. The lowest BCUT2D eigenvalue weighted by Crippen LogP contribution is -1.82. The van der Waals surface area contributed by atoms with Crippen LogP contribution in [0.25, 0.3) is 0 Å². The Morgan fingerprint density at radius 1 is 0.583 bits per heavy atom. The van der Waals surface area contributed by atoms with Crippen LogP contribution in [0.1, 0.15) is 92.4 Å². The van der Waals surface area contributed by atoms with Crippen LogP contribution in [0.5, 0.6) is 0 Å². The van der Waals surface area contributed by atoms with Crippen molar-refractivity contribution in [1.82, 2.24) is 0 Å². The van der Waals surface area contributed by atoms with E-state index in [0.29, 0.717) is 6.42 Å². The molecule has 0 fully saturated rings. The Morgan fingerprint density at radius 2 is 1.04 bits per heavy atom. The standard InChI is InChI=1S/C23H38O/c1-20(2)12-10-16-23(5)18-11-17-22(4)14-7-6-13-21(3)15-8-9-19-24/h12-14,18-19H,6-11,15-17H2,1-5H3. The molecule has 0 N–H and O–H groups in total. The first kappa shape index (κ1) is 22.6. The number of carbonyl (C=O) groups excluding carboxylic acids is 1. The maximum atomic E-state index is 10.3. The molecule has 1 heteroatoms. The average molecular weight is 331 g/mol. The molecule has 0 rings (SSSR count). The minimum atomic E-state index is 0.686. The molecule has 0 spiro atoms. The molecule has 0 bridgehead atoms. The Morgan fingerprint density at radius 3 is 1.54 bits per heavy atom. The SMILES string of the molecule is CC(C)=CCCC(C)=CCCC(C)=CCCC=C(C)CCCC=O. The third-order valence-electron chi connectivity index (χ3n) is 4.17. The summed E-state index contributed by atoms with van der Waals surface area (Å²) in [4.78, 5) is 10.3. The zero-order valence-corrected chi connectivity index (χ0v) is 16.7. The molecule has 0 aromatic carbocycles. The largest absolute Gasteiger partial charge is 0.303 e. The van der Waals surface area contributed by atoms with Crippen LogP contribution in [0.4, 0.5) is 0 Å². The highest BCUT2D eigenvalue weighted by molar-refractivity contribution is 5.49. The molecule has 0 aliphatic heterocycles. The van der Waals surface area contributed by atoms with Gasteiger partial charge in [-0.25, -0.2) is 0 Å². The van der Waals surface area contributed by atoms with Gasteiger partial charge in [-0.05, 0) is 86.0 Å². The van der Waals surface area contributed by atoms with E-state index in [1.807, 2.05) is 0 Å². The molecule has 0 radical (unpaired) electrons. The van der Waals surface area contributed by atoms with Crippen molar-refractivity contribution in [3.8, 4) is 0 Å². The summed E-state index contributed by atoms with van der Waals surface area (Å²) in [6.45, 7) is 11.0. The van der Waals surface area contributed by atoms with Crippen molar-refractivity contribution in [2.75, 3.05) is 0 Å². The van der Waals surface area contributed by atoms with E-state index >= 15 is 0 Å². The first-order valence-electron chi connectivity index (χ1n) is 9.49. The average Bonchev–Trinajstić information content (AvgIpc) is 2.51. The van der Waals surface area contributed by atoms with Gasteiger partial charge in [0.15, 0.2) is 0 Å². The first-order chi connectivity index (χ1) is 11.5. The Kier molecular flexibility index (Phi) is 14.3. The van der Waals surface area contributed by atoms with Gasteiger partial charge in [0.25, 0.3) is 0 Å². The predicted molar refractivity (Wildman–Crippen MR) is 108 cm³/mol. The van der Waals surface area contributed by atoms with E-state index in [2.05, 4.69) is 58.9 Å². The normalized spacial score (nSPS) is 13.1. The minimum Gasteiger partial charge on any atom is -0.303 e.